The average Bonchev–Trinajstić information content (AvgIpc) is 2.74. The van der Waals surface area contributed by atoms with Crippen molar-refractivity contribution in [2.24, 2.45) is 0 Å². The quantitative estimate of drug-likeness (QED) is 0.677. The molecule has 1 aromatic carbocycles. The van der Waals surface area contributed by atoms with Crippen molar-refractivity contribution in [2.45, 2.75) is 50.8 Å². The van der Waals surface area contributed by atoms with Crippen molar-refractivity contribution in [1.29, 1.82) is 0 Å². The van der Waals surface area contributed by atoms with Crippen molar-refractivity contribution in [2.75, 3.05) is 51.9 Å². The summed E-state index contributed by atoms with van der Waals surface area (Å²) in [5.74, 6) is 3.88. The highest BCUT2D eigenvalue weighted by Gasteiger charge is 2.20. The van der Waals surface area contributed by atoms with Gasteiger partial charge in [0.2, 0.25) is 0 Å². The molecule has 1 N–H and O–H groups in total. The molecule has 158 valence electrons. The largest absolute Gasteiger partial charge is 0.493 e. The highest BCUT2D eigenvalue weighted by molar-refractivity contribution is 7.99. The molecular formula is C22H36N2O3S. The summed E-state index contributed by atoms with van der Waals surface area (Å²) in [4.78, 5) is 4.78. The lowest BCUT2D eigenvalue weighted by Gasteiger charge is -2.32. The lowest BCUT2D eigenvalue weighted by molar-refractivity contribution is 0.0553. The lowest BCUT2D eigenvalue weighted by atomic mass is 9.94. The number of ether oxygens (including phenoxy) is 2. The van der Waals surface area contributed by atoms with E-state index in [9.17, 15) is 5.11 Å². The number of rotatable bonds is 9. The van der Waals surface area contributed by atoms with Crippen molar-refractivity contribution in [3.05, 3.63) is 23.8 Å². The maximum Gasteiger partial charge on any atom is 0.161 e. The second-order valence-corrected chi connectivity index (χ2v) is 9.29. The molecule has 1 saturated carbocycles. The SMILES string of the molecule is COc1cc(CN2CCSCC2)ccc1OC[C@H](O)CN(C)C1CCCCC1. The predicted molar refractivity (Wildman–Crippen MR) is 117 cm³/mol. The Morgan fingerprint density at radius 2 is 1.93 bits per heavy atom. The molecule has 1 heterocycles. The molecule has 0 bridgehead atoms. The first-order valence-corrected chi connectivity index (χ1v) is 11.8. The van der Waals surface area contributed by atoms with E-state index >= 15 is 0 Å². The Labute approximate surface area is 174 Å². The predicted octanol–water partition coefficient (Wildman–Crippen LogP) is 3.25. The van der Waals surface area contributed by atoms with Gasteiger partial charge in [-0.15, -0.1) is 0 Å². The van der Waals surface area contributed by atoms with E-state index in [-0.39, 0.29) is 6.61 Å². The average molecular weight is 409 g/mol. The fraction of sp³-hybridized carbons (Fsp3) is 0.727. The molecule has 1 atom stereocenters. The maximum absolute atomic E-state index is 10.4. The molecule has 6 heteroatoms. The molecule has 1 aromatic rings. The molecule has 0 amide bonds. The summed E-state index contributed by atoms with van der Waals surface area (Å²) in [7, 11) is 3.80. The van der Waals surface area contributed by atoms with Crippen molar-refractivity contribution in [3.63, 3.8) is 0 Å². The maximum atomic E-state index is 10.4. The van der Waals surface area contributed by atoms with Crippen LogP contribution in [0.15, 0.2) is 18.2 Å². The fourth-order valence-corrected chi connectivity index (χ4v) is 5.17. The minimum absolute atomic E-state index is 0.288. The van der Waals surface area contributed by atoms with E-state index in [1.165, 1.54) is 49.2 Å². The van der Waals surface area contributed by atoms with Crippen LogP contribution in [0.2, 0.25) is 0 Å². The van der Waals surface area contributed by atoms with Crippen molar-refractivity contribution in [3.8, 4) is 11.5 Å². The smallest absolute Gasteiger partial charge is 0.161 e. The molecule has 0 spiro atoms. The van der Waals surface area contributed by atoms with Crippen LogP contribution >= 0.6 is 11.8 Å². The lowest BCUT2D eigenvalue weighted by Crippen LogP contribution is -2.40. The summed E-state index contributed by atoms with van der Waals surface area (Å²) < 4.78 is 11.4. The minimum Gasteiger partial charge on any atom is -0.493 e. The Hall–Kier alpha value is -0.950. The number of nitrogens with zero attached hydrogens (tertiary/aromatic N) is 2. The van der Waals surface area contributed by atoms with E-state index in [1.54, 1.807) is 7.11 Å². The number of hydrogen-bond acceptors (Lipinski definition) is 6. The first kappa shape index (κ1) is 21.8. The molecule has 5 nitrogen and oxygen atoms in total. The monoisotopic (exact) mass is 408 g/mol. The van der Waals surface area contributed by atoms with Gasteiger partial charge in [0.05, 0.1) is 7.11 Å². The summed E-state index contributed by atoms with van der Waals surface area (Å²) >= 11 is 2.03. The van der Waals surface area contributed by atoms with Crippen LogP contribution in [-0.4, -0.2) is 79.0 Å². The van der Waals surface area contributed by atoms with Gasteiger partial charge in [0.15, 0.2) is 11.5 Å². The highest BCUT2D eigenvalue weighted by atomic mass is 32.2. The molecule has 1 saturated heterocycles. The van der Waals surface area contributed by atoms with Crippen LogP contribution in [0.4, 0.5) is 0 Å². The highest BCUT2D eigenvalue weighted by Crippen LogP contribution is 2.29. The topological polar surface area (TPSA) is 45.2 Å². The van der Waals surface area contributed by atoms with Gasteiger partial charge in [0.1, 0.15) is 12.7 Å². The second-order valence-electron chi connectivity index (χ2n) is 8.07. The third-order valence-corrected chi connectivity index (χ3v) is 6.81. The van der Waals surface area contributed by atoms with Crippen LogP contribution in [0.3, 0.4) is 0 Å². The van der Waals surface area contributed by atoms with Gasteiger partial charge in [0.25, 0.3) is 0 Å². The third kappa shape index (κ3) is 6.55. The van der Waals surface area contributed by atoms with Gasteiger partial charge in [-0.25, -0.2) is 0 Å². The second kappa shape index (κ2) is 11.3. The van der Waals surface area contributed by atoms with Gasteiger partial charge in [0, 0.05) is 43.7 Å². The Morgan fingerprint density at radius 1 is 1.18 bits per heavy atom. The first-order valence-electron chi connectivity index (χ1n) is 10.6. The zero-order chi connectivity index (χ0) is 19.8. The Morgan fingerprint density at radius 3 is 2.64 bits per heavy atom. The number of aliphatic hydroxyl groups excluding tert-OH is 1. The van der Waals surface area contributed by atoms with E-state index < -0.39 is 6.10 Å². The van der Waals surface area contributed by atoms with Crippen LogP contribution < -0.4 is 9.47 Å². The molecule has 0 radical (unpaired) electrons. The molecule has 2 fully saturated rings. The van der Waals surface area contributed by atoms with Crippen molar-refractivity contribution < 1.29 is 14.6 Å². The number of aliphatic hydroxyl groups is 1. The van der Waals surface area contributed by atoms with E-state index in [0.717, 1.165) is 25.4 Å². The van der Waals surface area contributed by atoms with E-state index in [0.29, 0.717) is 18.3 Å². The molecule has 0 unspecified atom stereocenters. The van der Waals surface area contributed by atoms with Crippen LogP contribution in [-0.2, 0) is 6.54 Å². The van der Waals surface area contributed by atoms with Crippen LogP contribution in [0.25, 0.3) is 0 Å². The standard InChI is InChI=1S/C22H36N2O3S/c1-23(19-6-4-3-5-7-19)16-20(25)17-27-21-9-8-18(14-22(21)26-2)15-24-10-12-28-13-11-24/h8-9,14,19-20,25H,3-7,10-13,15-17H2,1-2H3/t20-/m1/s1. The molecule has 0 aromatic heterocycles. The van der Waals surface area contributed by atoms with Gasteiger partial charge in [-0.05, 0) is 37.6 Å². The zero-order valence-electron chi connectivity index (χ0n) is 17.4. The normalized spacial score (nSPS) is 20.3. The number of hydrogen-bond donors (Lipinski definition) is 1. The summed E-state index contributed by atoms with van der Waals surface area (Å²) in [5, 5.41) is 10.4. The van der Waals surface area contributed by atoms with Gasteiger partial charge >= 0.3 is 0 Å². The van der Waals surface area contributed by atoms with Crippen LogP contribution in [0, 0.1) is 0 Å². The molecular weight excluding hydrogens is 372 g/mol. The number of likely N-dealkylation sites (N-methyl/N-ethyl adjacent to an activating group) is 1. The summed E-state index contributed by atoms with van der Waals surface area (Å²) in [6, 6.07) is 6.76. The van der Waals surface area contributed by atoms with Gasteiger partial charge in [-0.2, -0.15) is 11.8 Å². The molecule has 3 rings (SSSR count). The Bertz CT molecular complexity index is 589. The summed E-state index contributed by atoms with van der Waals surface area (Å²) in [6.07, 6.45) is 5.96. The molecule has 2 aliphatic rings. The van der Waals surface area contributed by atoms with E-state index in [1.807, 2.05) is 17.8 Å². The number of methoxy groups -OCH3 is 1. The molecule has 28 heavy (non-hydrogen) atoms. The Balaban J connectivity index is 1.48. The molecule has 1 aliphatic carbocycles. The van der Waals surface area contributed by atoms with Crippen molar-refractivity contribution >= 4 is 11.8 Å². The van der Waals surface area contributed by atoms with Gasteiger partial charge in [-0.1, -0.05) is 25.3 Å². The van der Waals surface area contributed by atoms with Crippen LogP contribution in [0.5, 0.6) is 11.5 Å². The fourth-order valence-electron chi connectivity index (χ4n) is 4.19. The van der Waals surface area contributed by atoms with Crippen molar-refractivity contribution in [1.82, 2.24) is 9.80 Å². The minimum atomic E-state index is -0.498. The number of benzene rings is 1. The summed E-state index contributed by atoms with van der Waals surface area (Å²) in [5.41, 5.74) is 1.24. The zero-order valence-corrected chi connectivity index (χ0v) is 18.3. The summed E-state index contributed by atoms with van der Waals surface area (Å²) in [6.45, 7) is 4.18. The molecule has 1 aliphatic heterocycles. The van der Waals surface area contributed by atoms with Gasteiger partial charge < -0.3 is 19.5 Å². The first-order chi connectivity index (χ1) is 13.7. The third-order valence-electron chi connectivity index (χ3n) is 5.87. The van der Waals surface area contributed by atoms with E-state index in [2.05, 4.69) is 29.0 Å². The Kier molecular flexibility index (Phi) is 8.77. The van der Waals surface area contributed by atoms with Gasteiger partial charge in [-0.3, -0.25) is 4.90 Å². The van der Waals surface area contributed by atoms with Crippen LogP contribution in [0.1, 0.15) is 37.7 Å². The number of thioether (sulfide) groups is 1. The van der Waals surface area contributed by atoms with E-state index in [4.69, 9.17) is 9.47 Å².